The summed E-state index contributed by atoms with van der Waals surface area (Å²) < 4.78 is 5.95. The first-order chi connectivity index (χ1) is 17.4. The predicted molar refractivity (Wildman–Crippen MR) is 139 cm³/mol. The Labute approximate surface area is 213 Å². The van der Waals surface area contributed by atoms with E-state index in [0.29, 0.717) is 42.1 Å². The lowest BCUT2D eigenvalue weighted by Crippen LogP contribution is -2.15. The Morgan fingerprint density at radius 1 is 0.889 bits per heavy atom. The third-order valence-electron chi connectivity index (χ3n) is 5.76. The van der Waals surface area contributed by atoms with Crippen molar-refractivity contribution in [3.8, 4) is 5.75 Å². The van der Waals surface area contributed by atoms with Gasteiger partial charge in [-0.15, -0.1) is 0 Å². The lowest BCUT2D eigenvalue weighted by molar-refractivity contribution is -0.137. The van der Waals surface area contributed by atoms with Gasteiger partial charge in [-0.3, -0.25) is 14.4 Å². The molecule has 8 nitrogen and oxygen atoms in total. The number of carbonyl (C=O) groups is 3. The summed E-state index contributed by atoms with van der Waals surface area (Å²) in [5.41, 5.74) is 1.79. The van der Waals surface area contributed by atoms with Gasteiger partial charge in [0.1, 0.15) is 11.4 Å². The van der Waals surface area contributed by atoms with Gasteiger partial charge in [0.25, 0.3) is 5.91 Å². The van der Waals surface area contributed by atoms with Gasteiger partial charge >= 0.3 is 11.9 Å². The highest BCUT2D eigenvalue weighted by atomic mass is 16.5. The number of carbonyl (C=O) groups excluding carboxylic acids is 1. The van der Waals surface area contributed by atoms with Gasteiger partial charge in [-0.05, 0) is 49.1 Å². The first-order valence-corrected chi connectivity index (χ1v) is 12.9. The molecule has 0 saturated heterocycles. The first-order valence-electron chi connectivity index (χ1n) is 12.9. The van der Waals surface area contributed by atoms with Crippen LogP contribution in [0.25, 0.3) is 0 Å². The Balaban J connectivity index is 1.97. The molecule has 0 unspecified atom stereocenters. The second-order valence-corrected chi connectivity index (χ2v) is 8.94. The average molecular weight is 499 g/mol. The van der Waals surface area contributed by atoms with E-state index < -0.39 is 17.8 Å². The van der Waals surface area contributed by atoms with Crippen LogP contribution in [0.15, 0.2) is 36.4 Å². The summed E-state index contributed by atoms with van der Waals surface area (Å²) in [5, 5.41) is 20.7. The highest BCUT2D eigenvalue weighted by molar-refractivity contribution is 6.03. The number of amides is 1. The molecule has 196 valence electrons. The molecule has 0 bridgehead atoms. The molecule has 0 aliphatic carbocycles. The second-order valence-electron chi connectivity index (χ2n) is 8.94. The largest absolute Gasteiger partial charge is 0.492 e. The van der Waals surface area contributed by atoms with Crippen molar-refractivity contribution in [1.29, 1.82) is 0 Å². The number of hydrogen-bond acceptors (Lipinski definition) is 5. The zero-order valence-corrected chi connectivity index (χ0v) is 21.1. The maximum Gasteiger partial charge on any atom is 0.307 e. The Hall–Kier alpha value is -3.42. The van der Waals surface area contributed by atoms with Crippen LogP contribution in [0, 0.1) is 0 Å². The SMILES string of the molecule is CCCCCCCCCCOc1ccc(C(=O)Nc2cccc(CC(=O)O)c2)nc1CCCC(=O)O. The molecular formula is C28H38N2O6. The highest BCUT2D eigenvalue weighted by Gasteiger charge is 2.14. The van der Waals surface area contributed by atoms with Crippen LogP contribution >= 0.6 is 0 Å². The molecule has 2 aromatic rings. The number of nitrogens with zero attached hydrogens (tertiary/aromatic N) is 1. The van der Waals surface area contributed by atoms with Crippen molar-refractivity contribution in [2.75, 3.05) is 11.9 Å². The van der Waals surface area contributed by atoms with Gasteiger partial charge in [0.15, 0.2) is 0 Å². The molecule has 0 radical (unpaired) electrons. The van der Waals surface area contributed by atoms with Crippen LogP contribution in [0.2, 0.25) is 0 Å². The van der Waals surface area contributed by atoms with Gasteiger partial charge < -0.3 is 20.3 Å². The van der Waals surface area contributed by atoms with Crippen molar-refractivity contribution in [2.45, 2.75) is 84.0 Å². The molecular weight excluding hydrogens is 460 g/mol. The molecule has 0 atom stereocenters. The molecule has 0 saturated carbocycles. The van der Waals surface area contributed by atoms with E-state index in [4.69, 9.17) is 14.9 Å². The number of ether oxygens (including phenoxy) is 1. The monoisotopic (exact) mass is 498 g/mol. The summed E-state index contributed by atoms with van der Waals surface area (Å²) in [6.07, 6.45) is 10.2. The van der Waals surface area contributed by atoms with E-state index in [1.54, 1.807) is 36.4 Å². The number of anilines is 1. The van der Waals surface area contributed by atoms with E-state index in [-0.39, 0.29) is 18.5 Å². The Kier molecular flexibility index (Phi) is 13.0. The lowest BCUT2D eigenvalue weighted by Gasteiger charge is -2.13. The standard InChI is InChI=1S/C28H38N2O6/c1-2-3-4-5-6-7-8-9-18-36-25-17-16-24(30-23(25)14-11-15-26(31)32)28(35)29-22-13-10-12-21(19-22)20-27(33)34/h10,12-13,16-17,19H,2-9,11,14-15,18,20H2,1H3,(H,29,35)(H,31,32)(H,33,34). The van der Waals surface area contributed by atoms with E-state index in [1.807, 2.05) is 0 Å². The number of carboxylic acid groups (broad SMARTS) is 2. The minimum Gasteiger partial charge on any atom is -0.492 e. The van der Waals surface area contributed by atoms with Crippen LogP contribution < -0.4 is 10.1 Å². The van der Waals surface area contributed by atoms with Crippen molar-refractivity contribution < 1.29 is 29.3 Å². The van der Waals surface area contributed by atoms with Crippen molar-refractivity contribution in [3.63, 3.8) is 0 Å². The van der Waals surface area contributed by atoms with Crippen LogP contribution in [-0.2, 0) is 22.4 Å². The molecule has 1 aromatic carbocycles. The maximum atomic E-state index is 12.8. The highest BCUT2D eigenvalue weighted by Crippen LogP contribution is 2.21. The van der Waals surface area contributed by atoms with E-state index in [9.17, 15) is 14.4 Å². The minimum atomic E-state index is -0.950. The third kappa shape index (κ3) is 11.3. The molecule has 1 amide bonds. The third-order valence-corrected chi connectivity index (χ3v) is 5.76. The van der Waals surface area contributed by atoms with Crippen molar-refractivity contribution in [3.05, 3.63) is 53.3 Å². The number of nitrogens with one attached hydrogen (secondary N) is 1. The number of hydrogen-bond donors (Lipinski definition) is 3. The molecule has 2 rings (SSSR count). The number of pyridine rings is 1. The Morgan fingerprint density at radius 2 is 1.61 bits per heavy atom. The molecule has 0 aliphatic heterocycles. The number of benzene rings is 1. The fourth-order valence-electron chi connectivity index (χ4n) is 3.88. The van der Waals surface area contributed by atoms with Gasteiger partial charge in [-0.25, -0.2) is 4.98 Å². The summed E-state index contributed by atoms with van der Waals surface area (Å²) >= 11 is 0. The predicted octanol–water partition coefficient (Wildman–Crippen LogP) is 5.89. The topological polar surface area (TPSA) is 126 Å². The molecule has 36 heavy (non-hydrogen) atoms. The van der Waals surface area contributed by atoms with Gasteiger partial charge in [0.05, 0.1) is 18.7 Å². The number of aliphatic carboxylic acids is 2. The summed E-state index contributed by atoms with van der Waals surface area (Å²) in [6, 6.07) is 9.95. The lowest BCUT2D eigenvalue weighted by atomic mass is 10.1. The van der Waals surface area contributed by atoms with Crippen molar-refractivity contribution in [1.82, 2.24) is 4.98 Å². The Bertz CT molecular complexity index is 992. The second kappa shape index (κ2) is 16.3. The molecule has 1 aromatic heterocycles. The molecule has 0 fully saturated rings. The zero-order chi connectivity index (χ0) is 26.2. The van der Waals surface area contributed by atoms with E-state index >= 15 is 0 Å². The number of unbranched alkanes of at least 4 members (excludes halogenated alkanes) is 7. The first kappa shape index (κ1) is 28.8. The normalized spacial score (nSPS) is 10.7. The van der Waals surface area contributed by atoms with Crippen LogP contribution in [0.5, 0.6) is 5.75 Å². The smallest absolute Gasteiger partial charge is 0.307 e. The van der Waals surface area contributed by atoms with E-state index in [2.05, 4.69) is 17.2 Å². The number of rotatable bonds is 18. The van der Waals surface area contributed by atoms with Crippen molar-refractivity contribution in [2.24, 2.45) is 0 Å². The zero-order valence-electron chi connectivity index (χ0n) is 21.1. The fourth-order valence-corrected chi connectivity index (χ4v) is 3.88. The van der Waals surface area contributed by atoms with Gasteiger partial charge in [0.2, 0.25) is 0 Å². The summed E-state index contributed by atoms with van der Waals surface area (Å²) in [4.78, 5) is 39.2. The fraction of sp³-hybridized carbons (Fsp3) is 0.500. The Morgan fingerprint density at radius 3 is 2.31 bits per heavy atom. The summed E-state index contributed by atoms with van der Waals surface area (Å²) in [5.74, 6) is -1.69. The van der Waals surface area contributed by atoms with Crippen LogP contribution in [0.3, 0.4) is 0 Å². The molecule has 3 N–H and O–H groups in total. The molecule has 0 spiro atoms. The van der Waals surface area contributed by atoms with Crippen LogP contribution in [-0.4, -0.2) is 39.6 Å². The number of aryl methyl sites for hydroxylation is 1. The van der Waals surface area contributed by atoms with Crippen molar-refractivity contribution >= 4 is 23.5 Å². The molecule has 1 heterocycles. The van der Waals surface area contributed by atoms with Gasteiger partial charge in [-0.1, -0.05) is 64.0 Å². The molecule has 8 heteroatoms. The van der Waals surface area contributed by atoms with Gasteiger partial charge in [0, 0.05) is 12.1 Å². The maximum absolute atomic E-state index is 12.8. The summed E-state index contributed by atoms with van der Waals surface area (Å²) in [6.45, 7) is 2.76. The van der Waals surface area contributed by atoms with E-state index in [0.717, 1.165) is 12.8 Å². The number of carboxylic acids is 2. The van der Waals surface area contributed by atoms with Crippen LogP contribution in [0.1, 0.15) is 92.9 Å². The van der Waals surface area contributed by atoms with Crippen LogP contribution in [0.4, 0.5) is 5.69 Å². The average Bonchev–Trinajstić information content (AvgIpc) is 2.83. The quantitative estimate of drug-likeness (QED) is 0.219. The minimum absolute atomic E-state index is 0.00590. The van der Waals surface area contributed by atoms with Gasteiger partial charge in [-0.2, -0.15) is 0 Å². The van der Waals surface area contributed by atoms with E-state index in [1.165, 1.54) is 38.5 Å². The number of aromatic nitrogens is 1. The summed E-state index contributed by atoms with van der Waals surface area (Å²) in [7, 11) is 0. The molecule has 0 aliphatic rings.